The topological polar surface area (TPSA) is 55.8 Å². The normalized spacial score (nSPS) is 13.9. The van der Waals surface area contributed by atoms with E-state index in [4.69, 9.17) is 16.3 Å². The van der Waals surface area contributed by atoms with Crippen LogP contribution in [0.5, 0.6) is 0 Å². The minimum atomic E-state index is -1.00. The van der Waals surface area contributed by atoms with Gasteiger partial charge < -0.3 is 14.4 Å². The van der Waals surface area contributed by atoms with Crippen LogP contribution < -0.4 is 5.46 Å². The average molecular weight is 226 g/mol. The van der Waals surface area contributed by atoms with E-state index in [0.29, 0.717) is 16.0 Å². The highest BCUT2D eigenvalue weighted by Gasteiger charge is 2.31. The van der Waals surface area contributed by atoms with Crippen molar-refractivity contribution in [2.24, 2.45) is 0 Å². The molecule has 0 saturated heterocycles. The lowest BCUT2D eigenvalue weighted by Crippen LogP contribution is -2.29. The van der Waals surface area contributed by atoms with E-state index < -0.39 is 13.1 Å². The summed E-state index contributed by atoms with van der Waals surface area (Å²) in [6.45, 7) is 0.251. The largest absolute Gasteiger partial charge is 0.493 e. The standard InChI is InChI=1S/C9H8BClO4/c1-14-9(12)5-2-6-4-15-10(13)8(6)7(11)3-5/h2-3,13H,4H2,1H3. The van der Waals surface area contributed by atoms with Gasteiger partial charge in [-0.05, 0) is 17.7 Å². The number of benzene rings is 1. The summed E-state index contributed by atoms with van der Waals surface area (Å²) in [4.78, 5) is 11.3. The lowest BCUT2D eigenvalue weighted by atomic mass is 9.79. The predicted octanol–water partition coefficient (Wildman–Crippen LogP) is 0.344. The van der Waals surface area contributed by atoms with Gasteiger partial charge in [0.15, 0.2) is 0 Å². The second kappa shape index (κ2) is 3.85. The first-order chi connectivity index (χ1) is 7.13. The van der Waals surface area contributed by atoms with Gasteiger partial charge >= 0.3 is 13.1 Å². The molecule has 0 aliphatic carbocycles. The Morgan fingerprint density at radius 3 is 3.07 bits per heavy atom. The molecule has 1 N–H and O–H groups in total. The van der Waals surface area contributed by atoms with E-state index >= 15 is 0 Å². The molecule has 0 aromatic heterocycles. The Labute approximate surface area is 91.9 Å². The molecular weight excluding hydrogens is 218 g/mol. The van der Waals surface area contributed by atoms with Crippen molar-refractivity contribution in [3.05, 3.63) is 28.3 Å². The Bertz CT molecular complexity index is 421. The van der Waals surface area contributed by atoms with E-state index in [1.54, 1.807) is 6.07 Å². The molecule has 0 fully saturated rings. The monoisotopic (exact) mass is 226 g/mol. The molecule has 0 saturated carbocycles. The van der Waals surface area contributed by atoms with Crippen molar-refractivity contribution in [1.29, 1.82) is 0 Å². The third-order valence-electron chi connectivity index (χ3n) is 2.28. The number of methoxy groups -OCH3 is 1. The quantitative estimate of drug-likeness (QED) is 0.554. The maximum atomic E-state index is 11.3. The lowest BCUT2D eigenvalue weighted by Gasteiger charge is -2.05. The third-order valence-corrected chi connectivity index (χ3v) is 2.59. The number of rotatable bonds is 1. The van der Waals surface area contributed by atoms with E-state index in [0.717, 1.165) is 5.56 Å². The molecule has 1 aliphatic rings. The number of ether oxygens (including phenoxy) is 1. The van der Waals surface area contributed by atoms with Crippen molar-refractivity contribution in [3.8, 4) is 0 Å². The molecule has 78 valence electrons. The molecule has 6 heteroatoms. The van der Waals surface area contributed by atoms with Crippen LogP contribution in [0.2, 0.25) is 5.02 Å². The second-order valence-electron chi connectivity index (χ2n) is 3.19. The fraction of sp³-hybridized carbons (Fsp3) is 0.222. The van der Waals surface area contributed by atoms with Crippen LogP contribution in [0.4, 0.5) is 0 Å². The van der Waals surface area contributed by atoms with Crippen LogP contribution in [-0.4, -0.2) is 25.2 Å². The molecule has 2 rings (SSSR count). The number of carbonyl (C=O) groups is 1. The molecule has 1 aliphatic heterocycles. The molecule has 1 aromatic carbocycles. The van der Waals surface area contributed by atoms with Gasteiger partial charge in [-0.1, -0.05) is 11.6 Å². The van der Waals surface area contributed by atoms with Crippen molar-refractivity contribution >= 4 is 30.2 Å². The van der Waals surface area contributed by atoms with Gasteiger partial charge in [0.2, 0.25) is 0 Å². The minimum Gasteiger partial charge on any atom is -0.465 e. The van der Waals surface area contributed by atoms with E-state index in [-0.39, 0.29) is 6.61 Å². The van der Waals surface area contributed by atoms with Crippen LogP contribution in [0.1, 0.15) is 15.9 Å². The smallest absolute Gasteiger partial charge is 0.465 e. The van der Waals surface area contributed by atoms with Crippen molar-refractivity contribution in [1.82, 2.24) is 0 Å². The summed E-state index contributed by atoms with van der Waals surface area (Å²) in [5, 5.41) is 9.74. The van der Waals surface area contributed by atoms with E-state index in [9.17, 15) is 9.82 Å². The summed E-state index contributed by atoms with van der Waals surface area (Å²) in [5.41, 5.74) is 1.61. The van der Waals surface area contributed by atoms with Gasteiger partial charge in [0.1, 0.15) is 0 Å². The van der Waals surface area contributed by atoms with Gasteiger partial charge in [-0.2, -0.15) is 0 Å². The van der Waals surface area contributed by atoms with Gasteiger partial charge in [0, 0.05) is 10.5 Å². The van der Waals surface area contributed by atoms with Crippen LogP contribution in [0.25, 0.3) is 0 Å². The molecule has 0 bridgehead atoms. The van der Waals surface area contributed by atoms with Gasteiger partial charge in [0.05, 0.1) is 19.3 Å². The molecule has 1 aromatic rings. The highest BCUT2D eigenvalue weighted by atomic mass is 35.5. The summed E-state index contributed by atoms with van der Waals surface area (Å²) in [5.74, 6) is -0.457. The molecule has 0 atom stereocenters. The highest BCUT2D eigenvalue weighted by molar-refractivity contribution is 6.65. The Kier molecular flexibility index (Phi) is 2.69. The summed E-state index contributed by atoms with van der Waals surface area (Å²) in [6.07, 6.45) is 0. The summed E-state index contributed by atoms with van der Waals surface area (Å²) in [7, 11) is 0.300. The Hall–Kier alpha value is -1.04. The van der Waals surface area contributed by atoms with Crippen molar-refractivity contribution in [2.75, 3.05) is 7.11 Å². The first-order valence-corrected chi connectivity index (χ1v) is 4.71. The summed E-state index contributed by atoms with van der Waals surface area (Å²) >= 11 is 5.92. The van der Waals surface area contributed by atoms with Gasteiger partial charge in [-0.15, -0.1) is 0 Å². The van der Waals surface area contributed by atoms with E-state index in [2.05, 4.69) is 4.74 Å². The summed E-state index contributed by atoms with van der Waals surface area (Å²) in [6, 6.07) is 3.08. The van der Waals surface area contributed by atoms with Crippen LogP contribution in [0.15, 0.2) is 12.1 Å². The van der Waals surface area contributed by atoms with Gasteiger partial charge in [-0.3, -0.25) is 0 Å². The first kappa shape index (κ1) is 10.5. The molecule has 4 nitrogen and oxygen atoms in total. The molecule has 0 amide bonds. The van der Waals surface area contributed by atoms with Gasteiger partial charge in [-0.25, -0.2) is 4.79 Å². The number of halogens is 1. The number of hydrogen-bond acceptors (Lipinski definition) is 4. The molecular formula is C9H8BClO4. The molecule has 0 spiro atoms. The number of carbonyl (C=O) groups excluding carboxylic acids is 1. The Balaban J connectivity index is 2.49. The fourth-order valence-corrected chi connectivity index (χ4v) is 1.89. The van der Waals surface area contributed by atoms with E-state index in [1.807, 2.05) is 0 Å². The van der Waals surface area contributed by atoms with Crippen LogP contribution in [0.3, 0.4) is 0 Å². The average Bonchev–Trinajstić information content (AvgIpc) is 2.59. The predicted molar refractivity (Wildman–Crippen MR) is 55.2 cm³/mol. The molecule has 15 heavy (non-hydrogen) atoms. The maximum Gasteiger partial charge on any atom is 0.493 e. The third kappa shape index (κ3) is 1.74. The molecule has 1 heterocycles. The highest BCUT2D eigenvalue weighted by Crippen LogP contribution is 2.19. The summed E-state index contributed by atoms with van der Waals surface area (Å²) < 4.78 is 9.57. The number of esters is 1. The first-order valence-electron chi connectivity index (χ1n) is 4.33. The van der Waals surface area contributed by atoms with Crippen molar-refractivity contribution in [3.63, 3.8) is 0 Å². The van der Waals surface area contributed by atoms with Crippen LogP contribution in [-0.2, 0) is 16.0 Å². The lowest BCUT2D eigenvalue weighted by molar-refractivity contribution is 0.0600. The Morgan fingerprint density at radius 2 is 2.40 bits per heavy atom. The molecule has 0 radical (unpaired) electrons. The fourth-order valence-electron chi connectivity index (χ4n) is 1.56. The molecule has 0 unspecified atom stereocenters. The van der Waals surface area contributed by atoms with Crippen molar-refractivity contribution < 1.29 is 19.2 Å². The maximum absolute atomic E-state index is 11.3. The van der Waals surface area contributed by atoms with Gasteiger partial charge in [0.25, 0.3) is 0 Å². The number of fused-ring (bicyclic) bond motifs is 1. The zero-order chi connectivity index (χ0) is 11.0. The number of hydrogen-bond donors (Lipinski definition) is 1. The zero-order valence-corrected chi connectivity index (χ0v) is 8.75. The zero-order valence-electron chi connectivity index (χ0n) is 7.99. The van der Waals surface area contributed by atoms with Crippen LogP contribution >= 0.6 is 11.6 Å². The van der Waals surface area contributed by atoms with Crippen LogP contribution in [0, 0.1) is 0 Å². The SMILES string of the molecule is COC(=O)c1cc(Cl)c2c(c1)COB2O. The van der Waals surface area contributed by atoms with E-state index in [1.165, 1.54) is 13.2 Å². The van der Waals surface area contributed by atoms with Crippen molar-refractivity contribution in [2.45, 2.75) is 6.61 Å². The second-order valence-corrected chi connectivity index (χ2v) is 3.59. The minimum absolute atomic E-state index is 0.251. The Morgan fingerprint density at radius 1 is 1.67 bits per heavy atom.